The van der Waals surface area contributed by atoms with Gasteiger partial charge < -0.3 is 24.4 Å². The van der Waals surface area contributed by atoms with Gasteiger partial charge in [0.05, 0.1) is 11.2 Å². The zero-order valence-electron chi connectivity index (χ0n) is 17.5. The summed E-state index contributed by atoms with van der Waals surface area (Å²) in [7, 11) is 2.85. The third-order valence-electron chi connectivity index (χ3n) is 5.81. The second-order valence-electron chi connectivity index (χ2n) is 8.11. The number of fused-ring (bicyclic) bond motifs is 1. The van der Waals surface area contributed by atoms with Crippen LogP contribution < -0.4 is 16.1 Å². The van der Waals surface area contributed by atoms with E-state index >= 15 is 0 Å². The van der Waals surface area contributed by atoms with Gasteiger partial charge in [-0.1, -0.05) is 0 Å². The number of aromatic nitrogens is 2. The summed E-state index contributed by atoms with van der Waals surface area (Å²) in [5.74, 6) is 0.162. The molecule has 0 unspecified atom stereocenters. The zero-order valence-corrected chi connectivity index (χ0v) is 17.5. The molecule has 0 aliphatic carbocycles. The lowest BCUT2D eigenvalue weighted by atomic mass is 9.77. The van der Waals surface area contributed by atoms with Crippen molar-refractivity contribution in [2.75, 3.05) is 19.4 Å². The summed E-state index contributed by atoms with van der Waals surface area (Å²) < 4.78 is 20.2. The first-order valence-electron chi connectivity index (χ1n) is 9.53. The highest BCUT2D eigenvalue weighted by molar-refractivity contribution is 6.64. The topological polar surface area (TPSA) is 90.6 Å². The summed E-state index contributed by atoms with van der Waals surface area (Å²) >= 11 is 0. The Kier molecular flexibility index (Phi) is 4.47. The molecular weight excluding hydrogens is 371 g/mol. The minimum absolute atomic E-state index is 0.246. The van der Waals surface area contributed by atoms with Gasteiger partial charge in [0.1, 0.15) is 17.5 Å². The van der Waals surface area contributed by atoms with Crippen LogP contribution in [-0.4, -0.2) is 47.9 Å². The zero-order chi connectivity index (χ0) is 21.0. The van der Waals surface area contributed by atoms with Crippen molar-refractivity contribution in [2.24, 2.45) is 0 Å². The predicted octanol–water partition coefficient (Wildman–Crippen LogP) is 2.32. The molecule has 0 radical (unpaired) electrons. The van der Waals surface area contributed by atoms with Gasteiger partial charge in [-0.15, -0.1) is 0 Å². The molecule has 1 amide bonds. The number of amides is 1. The van der Waals surface area contributed by atoms with Crippen LogP contribution in [-0.2, 0) is 9.31 Å². The molecule has 4 rings (SSSR count). The Labute approximate surface area is 169 Å². The lowest BCUT2D eigenvalue weighted by Crippen LogP contribution is -2.41. The monoisotopic (exact) mass is 396 g/mol. The van der Waals surface area contributed by atoms with Crippen molar-refractivity contribution >= 4 is 35.1 Å². The van der Waals surface area contributed by atoms with Gasteiger partial charge in [0.25, 0.3) is 5.91 Å². The van der Waals surface area contributed by atoms with Crippen molar-refractivity contribution in [1.82, 2.24) is 14.9 Å². The van der Waals surface area contributed by atoms with E-state index in [-0.39, 0.29) is 5.91 Å². The highest BCUT2D eigenvalue weighted by Crippen LogP contribution is 2.38. The largest absolute Gasteiger partial charge is 0.496 e. The third-order valence-corrected chi connectivity index (χ3v) is 5.81. The van der Waals surface area contributed by atoms with Crippen molar-refractivity contribution in [1.29, 1.82) is 0 Å². The molecule has 152 valence electrons. The molecule has 3 heterocycles. The van der Waals surface area contributed by atoms with Crippen LogP contribution in [0, 0.1) is 0 Å². The third kappa shape index (κ3) is 3.01. The fraction of sp³-hybridized carbons (Fsp3) is 0.400. The molecule has 1 aliphatic rings. The number of benzene rings is 1. The molecule has 1 fully saturated rings. The van der Waals surface area contributed by atoms with Crippen molar-refractivity contribution in [3.05, 3.63) is 36.4 Å². The summed E-state index contributed by atoms with van der Waals surface area (Å²) in [5, 5.41) is 6.56. The minimum Gasteiger partial charge on any atom is -0.439 e. The fourth-order valence-corrected chi connectivity index (χ4v) is 3.43. The van der Waals surface area contributed by atoms with Crippen LogP contribution in [0.15, 0.2) is 35.3 Å². The van der Waals surface area contributed by atoms with Gasteiger partial charge >= 0.3 is 7.12 Å². The smallest absolute Gasteiger partial charge is 0.439 e. The summed E-state index contributed by atoms with van der Waals surface area (Å²) in [5.41, 5.74) is 1.68. The van der Waals surface area contributed by atoms with E-state index in [0.29, 0.717) is 22.4 Å². The van der Waals surface area contributed by atoms with Crippen LogP contribution in [0.3, 0.4) is 0 Å². The summed E-state index contributed by atoms with van der Waals surface area (Å²) in [6.07, 6.45) is 4.96. The van der Waals surface area contributed by atoms with Crippen molar-refractivity contribution in [3.63, 3.8) is 0 Å². The maximum atomic E-state index is 12.7. The van der Waals surface area contributed by atoms with E-state index in [2.05, 4.69) is 15.6 Å². The lowest BCUT2D eigenvalue weighted by Gasteiger charge is -2.32. The Hall–Kier alpha value is -2.78. The number of nitrogens with one attached hydrogen (secondary N) is 2. The average Bonchev–Trinajstić information content (AvgIpc) is 3.36. The van der Waals surface area contributed by atoms with E-state index in [1.165, 1.54) is 0 Å². The van der Waals surface area contributed by atoms with Crippen LogP contribution in [0.4, 0.5) is 5.69 Å². The number of nitrogens with zero attached hydrogens (tertiary/aromatic N) is 2. The van der Waals surface area contributed by atoms with Gasteiger partial charge in [-0.05, 0) is 33.8 Å². The molecule has 0 atom stereocenters. The van der Waals surface area contributed by atoms with E-state index in [1.807, 2.05) is 46.9 Å². The molecule has 1 aromatic carbocycles. The second kappa shape index (κ2) is 6.64. The van der Waals surface area contributed by atoms with E-state index < -0.39 is 18.3 Å². The summed E-state index contributed by atoms with van der Waals surface area (Å²) in [6.45, 7) is 8.04. The van der Waals surface area contributed by atoms with Crippen LogP contribution in [0.5, 0.6) is 0 Å². The molecule has 9 heteroatoms. The van der Waals surface area contributed by atoms with E-state index in [4.69, 9.17) is 13.7 Å². The minimum atomic E-state index is -0.573. The highest BCUT2D eigenvalue weighted by atomic mass is 16.7. The Morgan fingerprint density at radius 3 is 2.38 bits per heavy atom. The second-order valence-corrected chi connectivity index (χ2v) is 8.11. The Morgan fingerprint density at radius 2 is 1.83 bits per heavy atom. The molecule has 0 bridgehead atoms. The molecule has 2 aromatic heterocycles. The van der Waals surface area contributed by atoms with Crippen LogP contribution in [0.2, 0.25) is 0 Å². The maximum absolute atomic E-state index is 12.7. The molecule has 1 saturated heterocycles. The molecule has 0 saturated carbocycles. The average molecular weight is 396 g/mol. The lowest BCUT2D eigenvalue weighted by molar-refractivity contribution is 0.00578. The highest BCUT2D eigenvalue weighted by Gasteiger charge is 2.52. The number of anilines is 1. The quantitative estimate of drug-likeness (QED) is 0.658. The Morgan fingerprint density at radius 1 is 1.14 bits per heavy atom. The first kappa shape index (κ1) is 19.5. The van der Waals surface area contributed by atoms with Crippen LogP contribution in [0.1, 0.15) is 38.1 Å². The van der Waals surface area contributed by atoms with Crippen LogP contribution >= 0.6 is 0 Å². The van der Waals surface area contributed by atoms with E-state index in [1.54, 1.807) is 30.3 Å². The van der Waals surface area contributed by atoms with Crippen molar-refractivity contribution in [2.45, 2.75) is 38.9 Å². The molecule has 3 aromatic rings. The molecule has 2 N–H and O–H groups in total. The molecule has 0 spiro atoms. The number of hydrogen-bond donors (Lipinski definition) is 2. The fourth-order valence-electron chi connectivity index (χ4n) is 3.43. The van der Waals surface area contributed by atoms with E-state index in [9.17, 15) is 4.79 Å². The molecule has 1 aliphatic heterocycles. The first-order valence-corrected chi connectivity index (χ1v) is 9.53. The van der Waals surface area contributed by atoms with Gasteiger partial charge in [0.2, 0.25) is 5.88 Å². The number of hydrogen-bond acceptors (Lipinski definition) is 6. The number of carbonyl (C=O) groups is 1. The number of carbonyl (C=O) groups excluding carboxylic acids is 1. The van der Waals surface area contributed by atoms with Crippen molar-refractivity contribution < 1.29 is 18.5 Å². The van der Waals surface area contributed by atoms with Gasteiger partial charge in [-0.2, -0.15) is 0 Å². The number of rotatable bonds is 4. The maximum Gasteiger partial charge on any atom is 0.496 e. The van der Waals surface area contributed by atoms with Crippen LogP contribution in [0.25, 0.3) is 16.9 Å². The number of furan rings is 1. The Bertz CT molecular complexity index is 1060. The number of imidazole rings is 1. The standard InChI is InChI=1S/C20H25BN4O4/c1-19(2)20(3,4)29-21(28-19)13-9-12-15(10-14(13)22-5)27-18(16(12)17(26)23-6)25-8-7-24-11-25/h7-11,22H,1-6H3,(H,23,26). The predicted molar refractivity (Wildman–Crippen MR) is 112 cm³/mol. The Balaban J connectivity index is 1.92. The molecular formula is C20H25BN4O4. The first-order chi connectivity index (χ1) is 13.7. The van der Waals surface area contributed by atoms with Gasteiger partial charge in [0.15, 0.2) is 0 Å². The normalized spacial score (nSPS) is 17.7. The van der Waals surface area contributed by atoms with Crippen molar-refractivity contribution in [3.8, 4) is 5.88 Å². The van der Waals surface area contributed by atoms with Gasteiger partial charge in [-0.3, -0.25) is 9.36 Å². The molecule has 29 heavy (non-hydrogen) atoms. The van der Waals surface area contributed by atoms with Gasteiger partial charge in [-0.25, -0.2) is 4.98 Å². The summed E-state index contributed by atoms with van der Waals surface area (Å²) in [6, 6.07) is 3.76. The summed E-state index contributed by atoms with van der Waals surface area (Å²) in [4.78, 5) is 16.8. The van der Waals surface area contributed by atoms with Gasteiger partial charge in [0, 0.05) is 49.1 Å². The molecule has 8 nitrogen and oxygen atoms in total. The SMILES string of the molecule is CNC(=O)c1c(-n2ccnc2)oc2cc(NC)c(B3OC(C)(C)C(C)(C)O3)cc12. The van der Waals surface area contributed by atoms with E-state index in [0.717, 1.165) is 11.2 Å².